The van der Waals surface area contributed by atoms with Crippen molar-refractivity contribution < 1.29 is 4.79 Å². The van der Waals surface area contributed by atoms with Crippen LogP contribution in [0.15, 0.2) is 0 Å². The Bertz CT molecular complexity index is 279. The maximum absolute atomic E-state index is 12.3. The first-order valence-electron chi connectivity index (χ1n) is 6.78. The molecule has 98 valence electrons. The van der Waals surface area contributed by atoms with E-state index in [1.54, 1.807) is 0 Å². The highest BCUT2D eigenvalue weighted by molar-refractivity contribution is 8.00. The van der Waals surface area contributed by atoms with E-state index in [-0.39, 0.29) is 6.04 Å². The molecule has 0 aromatic carbocycles. The third kappa shape index (κ3) is 3.16. The van der Waals surface area contributed by atoms with Gasteiger partial charge in [-0.05, 0) is 44.9 Å². The van der Waals surface area contributed by atoms with Gasteiger partial charge >= 0.3 is 0 Å². The van der Waals surface area contributed by atoms with Crippen LogP contribution < -0.4 is 5.32 Å². The minimum absolute atomic E-state index is 0.0846. The zero-order valence-corrected chi connectivity index (χ0v) is 11.8. The Kier molecular flexibility index (Phi) is 4.36. The molecule has 1 heterocycles. The Morgan fingerprint density at radius 3 is 2.88 bits per heavy atom. The van der Waals surface area contributed by atoms with E-state index in [9.17, 15) is 4.79 Å². The average Bonchev–Trinajstić information content (AvgIpc) is 3.11. The molecule has 1 unspecified atom stereocenters. The third-order valence-corrected chi connectivity index (χ3v) is 5.29. The van der Waals surface area contributed by atoms with Gasteiger partial charge in [-0.25, -0.2) is 0 Å². The summed E-state index contributed by atoms with van der Waals surface area (Å²) in [6.07, 6.45) is 8.00. The lowest BCUT2D eigenvalue weighted by molar-refractivity contribution is -0.136. The third-order valence-electron chi connectivity index (χ3n) is 3.89. The van der Waals surface area contributed by atoms with Crippen molar-refractivity contribution in [2.75, 3.05) is 25.9 Å². The molecule has 1 saturated carbocycles. The molecule has 3 nitrogen and oxygen atoms in total. The molecule has 17 heavy (non-hydrogen) atoms. The van der Waals surface area contributed by atoms with Crippen LogP contribution in [0.2, 0.25) is 0 Å². The van der Waals surface area contributed by atoms with Crippen LogP contribution in [0.25, 0.3) is 0 Å². The summed E-state index contributed by atoms with van der Waals surface area (Å²) in [6, 6.07) is 0.0846. The molecule has 0 aromatic heterocycles. The van der Waals surface area contributed by atoms with Crippen LogP contribution in [0, 0.1) is 0 Å². The van der Waals surface area contributed by atoms with E-state index in [4.69, 9.17) is 0 Å². The SMILES string of the molecule is CCCNC1CCCN(CC2(SC)CC2)C1=O. The molecule has 0 spiro atoms. The molecule has 1 N–H and O–H groups in total. The predicted molar refractivity (Wildman–Crippen MR) is 73.4 cm³/mol. The summed E-state index contributed by atoms with van der Waals surface area (Å²) in [5.41, 5.74) is 0. The van der Waals surface area contributed by atoms with E-state index in [2.05, 4.69) is 23.4 Å². The van der Waals surface area contributed by atoms with Gasteiger partial charge in [0.2, 0.25) is 5.91 Å². The number of hydrogen-bond acceptors (Lipinski definition) is 3. The first-order chi connectivity index (χ1) is 8.21. The summed E-state index contributed by atoms with van der Waals surface area (Å²) >= 11 is 1.94. The second-order valence-corrected chi connectivity index (χ2v) is 6.57. The van der Waals surface area contributed by atoms with E-state index >= 15 is 0 Å². The van der Waals surface area contributed by atoms with E-state index in [0.29, 0.717) is 10.7 Å². The van der Waals surface area contributed by atoms with Crippen molar-refractivity contribution in [3.8, 4) is 0 Å². The molecule has 2 aliphatic rings. The quantitative estimate of drug-likeness (QED) is 0.787. The monoisotopic (exact) mass is 256 g/mol. The summed E-state index contributed by atoms with van der Waals surface area (Å²) < 4.78 is 0.405. The molecule has 0 bridgehead atoms. The van der Waals surface area contributed by atoms with Crippen LogP contribution in [0.1, 0.15) is 39.0 Å². The molecule has 0 radical (unpaired) electrons. The van der Waals surface area contributed by atoms with Crippen molar-refractivity contribution in [3.05, 3.63) is 0 Å². The smallest absolute Gasteiger partial charge is 0.239 e. The van der Waals surface area contributed by atoms with Crippen molar-refractivity contribution in [1.29, 1.82) is 0 Å². The lowest BCUT2D eigenvalue weighted by Gasteiger charge is -2.35. The van der Waals surface area contributed by atoms with Gasteiger partial charge in [-0.1, -0.05) is 6.92 Å². The highest BCUT2D eigenvalue weighted by Crippen LogP contribution is 2.47. The van der Waals surface area contributed by atoms with Crippen LogP contribution in [0.3, 0.4) is 0 Å². The minimum atomic E-state index is 0.0846. The highest BCUT2D eigenvalue weighted by Gasteiger charge is 2.45. The number of rotatable bonds is 6. The fourth-order valence-electron chi connectivity index (χ4n) is 2.52. The Morgan fingerprint density at radius 1 is 1.53 bits per heavy atom. The van der Waals surface area contributed by atoms with E-state index in [1.807, 2.05) is 11.8 Å². The topological polar surface area (TPSA) is 32.3 Å². The van der Waals surface area contributed by atoms with Gasteiger partial charge < -0.3 is 10.2 Å². The minimum Gasteiger partial charge on any atom is -0.340 e. The molecule has 2 fully saturated rings. The number of hydrogen-bond donors (Lipinski definition) is 1. The fourth-order valence-corrected chi connectivity index (χ4v) is 3.31. The van der Waals surface area contributed by atoms with Gasteiger partial charge in [0.05, 0.1) is 6.04 Å². The molecule has 1 aliphatic carbocycles. The fraction of sp³-hybridized carbons (Fsp3) is 0.923. The average molecular weight is 256 g/mol. The highest BCUT2D eigenvalue weighted by atomic mass is 32.2. The number of carbonyl (C=O) groups excluding carboxylic acids is 1. The summed E-state index contributed by atoms with van der Waals surface area (Å²) in [5.74, 6) is 0.338. The maximum Gasteiger partial charge on any atom is 0.239 e. The largest absolute Gasteiger partial charge is 0.340 e. The number of carbonyl (C=O) groups is 1. The van der Waals surface area contributed by atoms with Gasteiger partial charge in [-0.2, -0.15) is 11.8 Å². The number of likely N-dealkylation sites (tertiary alicyclic amines) is 1. The molecular formula is C13H24N2OS. The Balaban J connectivity index is 1.87. The van der Waals surface area contributed by atoms with Gasteiger partial charge in [0.1, 0.15) is 0 Å². The molecular weight excluding hydrogens is 232 g/mol. The predicted octanol–water partition coefficient (Wildman–Crippen LogP) is 1.87. The summed E-state index contributed by atoms with van der Waals surface area (Å²) in [4.78, 5) is 14.4. The molecule has 1 aliphatic heterocycles. The Hall–Kier alpha value is -0.220. The van der Waals surface area contributed by atoms with Gasteiger partial charge in [0, 0.05) is 17.8 Å². The summed E-state index contributed by atoms with van der Waals surface area (Å²) in [6.45, 7) is 5.03. The van der Waals surface area contributed by atoms with Crippen LogP contribution in [-0.4, -0.2) is 47.5 Å². The molecule has 1 atom stereocenters. The maximum atomic E-state index is 12.3. The molecule has 0 aromatic rings. The van der Waals surface area contributed by atoms with E-state index < -0.39 is 0 Å². The first-order valence-corrected chi connectivity index (χ1v) is 8.00. The van der Waals surface area contributed by atoms with Crippen molar-refractivity contribution in [3.63, 3.8) is 0 Å². The van der Waals surface area contributed by atoms with Crippen LogP contribution >= 0.6 is 11.8 Å². The Labute approximate surface area is 109 Å². The van der Waals surface area contributed by atoms with Crippen molar-refractivity contribution >= 4 is 17.7 Å². The first kappa shape index (κ1) is 13.2. The van der Waals surface area contributed by atoms with Crippen LogP contribution in [0.4, 0.5) is 0 Å². The van der Waals surface area contributed by atoms with Crippen LogP contribution in [0.5, 0.6) is 0 Å². The molecule has 2 rings (SSSR count). The van der Waals surface area contributed by atoms with Crippen molar-refractivity contribution in [2.45, 2.75) is 49.8 Å². The zero-order chi connectivity index (χ0) is 12.3. The van der Waals surface area contributed by atoms with Gasteiger partial charge in [-0.3, -0.25) is 4.79 Å². The summed E-state index contributed by atoms with van der Waals surface area (Å²) in [5, 5.41) is 3.38. The lowest BCUT2D eigenvalue weighted by Crippen LogP contribution is -2.52. The molecule has 4 heteroatoms. The zero-order valence-electron chi connectivity index (χ0n) is 11.0. The van der Waals surface area contributed by atoms with E-state index in [1.165, 1.54) is 12.8 Å². The van der Waals surface area contributed by atoms with Gasteiger partial charge in [0.25, 0.3) is 0 Å². The van der Waals surface area contributed by atoms with Crippen molar-refractivity contribution in [2.24, 2.45) is 0 Å². The normalized spacial score (nSPS) is 27.3. The van der Waals surface area contributed by atoms with Gasteiger partial charge in [-0.15, -0.1) is 0 Å². The molecule has 1 saturated heterocycles. The Morgan fingerprint density at radius 2 is 2.29 bits per heavy atom. The number of thioether (sulfide) groups is 1. The van der Waals surface area contributed by atoms with Crippen molar-refractivity contribution in [1.82, 2.24) is 10.2 Å². The number of nitrogens with one attached hydrogen (secondary N) is 1. The second-order valence-electron chi connectivity index (χ2n) is 5.30. The number of piperidine rings is 1. The second kappa shape index (κ2) is 5.61. The number of amides is 1. The van der Waals surface area contributed by atoms with Crippen LogP contribution in [-0.2, 0) is 4.79 Å². The molecule has 1 amide bonds. The van der Waals surface area contributed by atoms with E-state index in [0.717, 1.165) is 38.9 Å². The number of nitrogens with zero attached hydrogens (tertiary/aromatic N) is 1. The summed E-state index contributed by atoms with van der Waals surface area (Å²) in [7, 11) is 0. The lowest BCUT2D eigenvalue weighted by atomic mass is 10.0. The standard InChI is InChI=1S/C13H24N2OS/c1-3-8-14-11-5-4-9-15(12(11)16)10-13(17-2)6-7-13/h11,14H,3-10H2,1-2H3. The van der Waals surface area contributed by atoms with Gasteiger partial charge in [0.15, 0.2) is 0 Å².